The smallest absolute Gasteiger partial charge is 0.317 e. The molecule has 0 spiro atoms. The number of rotatable bonds is 8. The van der Waals surface area contributed by atoms with Crippen molar-refractivity contribution in [1.29, 1.82) is 0 Å². The molecule has 3 amide bonds. The lowest BCUT2D eigenvalue weighted by molar-refractivity contribution is -0.120. The van der Waals surface area contributed by atoms with Gasteiger partial charge in [-0.15, -0.1) is 0 Å². The van der Waals surface area contributed by atoms with E-state index in [0.29, 0.717) is 19.6 Å². The number of aliphatic hydroxyl groups excluding tert-OH is 1. The fraction of sp³-hybridized carbons (Fsp3) is 0.600. The van der Waals surface area contributed by atoms with E-state index in [0.717, 1.165) is 43.4 Å². The van der Waals surface area contributed by atoms with Crippen LogP contribution in [0.5, 0.6) is 0 Å². The van der Waals surface area contributed by atoms with Crippen LogP contribution in [-0.2, 0) is 11.3 Å². The van der Waals surface area contributed by atoms with Crippen LogP contribution < -0.4 is 10.6 Å². The molecule has 6 heteroatoms. The molecule has 1 aromatic rings. The van der Waals surface area contributed by atoms with Crippen LogP contribution in [0.25, 0.3) is 0 Å². The van der Waals surface area contributed by atoms with E-state index >= 15 is 0 Å². The summed E-state index contributed by atoms with van der Waals surface area (Å²) < 4.78 is 0. The van der Waals surface area contributed by atoms with Gasteiger partial charge in [0.25, 0.3) is 0 Å². The second-order valence-corrected chi connectivity index (χ2v) is 6.89. The second kappa shape index (κ2) is 10.8. The number of anilines is 1. The Morgan fingerprint density at radius 2 is 1.96 bits per heavy atom. The highest BCUT2D eigenvalue weighted by Gasteiger charge is 2.21. The van der Waals surface area contributed by atoms with Crippen molar-refractivity contribution in [3.63, 3.8) is 0 Å². The highest BCUT2D eigenvalue weighted by atomic mass is 16.3. The number of benzene rings is 1. The van der Waals surface area contributed by atoms with Gasteiger partial charge in [0, 0.05) is 31.2 Å². The molecule has 3 N–H and O–H groups in total. The lowest BCUT2D eigenvalue weighted by atomic mass is 9.88. The van der Waals surface area contributed by atoms with Crippen LogP contribution in [0.3, 0.4) is 0 Å². The summed E-state index contributed by atoms with van der Waals surface area (Å²) in [5, 5.41) is 14.9. The summed E-state index contributed by atoms with van der Waals surface area (Å²) in [6, 6.07) is 7.40. The van der Waals surface area contributed by atoms with Gasteiger partial charge in [-0.05, 0) is 37.0 Å². The molecule has 0 bridgehead atoms. The minimum absolute atomic E-state index is 0.0455. The normalized spacial score (nSPS) is 14.7. The van der Waals surface area contributed by atoms with E-state index in [-0.39, 0.29) is 24.5 Å². The average molecular weight is 361 g/mol. The fourth-order valence-corrected chi connectivity index (χ4v) is 3.36. The number of aliphatic hydroxyl groups is 1. The van der Waals surface area contributed by atoms with Crippen molar-refractivity contribution in [2.75, 3.05) is 25.0 Å². The highest BCUT2D eigenvalue weighted by molar-refractivity contribution is 5.92. The Bertz CT molecular complexity index is 579. The van der Waals surface area contributed by atoms with Crippen molar-refractivity contribution in [3.8, 4) is 0 Å². The molecule has 144 valence electrons. The summed E-state index contributed by atoms with van der Waals surface area (Å²) in [5.74, 6) is 0.219. The van der Waals surface area contributed by atoms with E-state index in [1.54, 1.807) is 4.90 Å². The second-order valence-electron chi connectivity index (χ2n) is 6.89. The molecule has 0 radical (unpaired) electrons. The van der Waals surface area contributed by atoms with Crippen molar-refractivity contribution in [3.05, 3.63) is 29.8 Å². The SMILES string of the molecule is CCCN(CCO)C(=O)NCc1cccc(NC(=O)C2CCCCC2)c1. The average Bonchev–Trinajstić information content (AvgIpc) is 2.67. The zero-order valence-corrected chi connectivity index (χ0v) is 15.7. The molecular formula is C20H31N3O3. The van der Waals surface area contributed by atoms with Crippen LogP contribution in [0.2, 0.25) is 0 Å². The topological polar surface area (TPSA) is 81.7 Å². The Morgan fingerprint density at radius 1 is 1.19 bits per heavy atom. The summed E-state index contributed by atoms with van der Waals surface area (Å²) in [4.78, 5) is 26.2. The van der Waals surface area contributed by atoms with Gasteiger partial charge >= 0.3 is 6.03 Å². The third-order valence-corrected chi connectivity index (χ3v) is 4.76. The van der Waals surface area contributed by atoms with Gasteiger partial charge < -0.3 is 20.6 Å². The predicted molar refractivity (Wildman–Crippen MR) is 103 cm³/mol. The van der Waals surface area contributed by atoms with E-state index < -0.39 is 0 Å². The third-order valence-electron chi connectivity index (χ3n) is 4.76. The molecule has 0 unspecified atom stereocenters. The molecule has 1 aliphatic carbocycles. The molecule has 1 aromatic carbocycles. The van der Waals surface area contributed by atoms with Crippen molar-refractivity contribution in [2.45, 2.75) is 52.0 Å². The Balaban J connectivity index is 1.87. The Labute approximate surface area is 156 Å². The molecule has 1 aliphatic rings. The van der Waals surface area contributed by atoms with E-state index in [1.807, 2.05) is 31.2 Å². The molecule has 26 heavy (non-hydrogen) atoms. The number of amides is 3. The Hall–Kier alpha value is -2.08. The van der Waals surface area contributed by atoms with Crippen LogP contribution in [0.1, 0.15) is 51.0 Å². The summed E-state index contributed by atoms with van der Waals surface area (Å²) in [7, 11) is 0. The number of nitrogens with one attached hydrogen (secondary N) is 2. The highest BCUT2D eigenvalue weighted by Crippen LogP contribution is 2.25. The van der Waals surface area contributed by atoms with Crippen molar-refractivity contribution in [2.24, 2.45) is 5.92 Å². The van der Waals surface area contributed by atoms with Gasteiger partial charge in [0.15, 0.2) is 0 Å². The molecule has 0 aliphatic heterocycles. The van der Waals surface area contributed by atoms with Gasteiger partial charge in [-0.2, -0.15) is 0 Å². The fourth-order valence-electron chi connectivity index (χ4n) is 3.36. The molecule has 0 atom stereocenters. The molecule has 1 fully saturated rings. The lowest BCUT2D eigenvalue weighted by Gasteiger charge is -2.22. The molecule has 0 heterocycles. The van der Waals surface area contributed by atoms with Crippen LogP contribution in [0, 0.1) is 5.92 Å². The van der Waals surface area contributed by atoms with Gasteiger partial charge in [0.1, 0.15) is 0 Å². The van der Waals surface area contributed by atoms with Gasteiger partial charge in [-0.1, -0.05) is 38.3 Å². The lowest BCUT2D eigenvalue weighted by Crippen LogP contribution is -2.41. The van der Waals surface area contributed by atoms with Gasteiger partial charge in [-0.3, -0.25) is 4.79 Å². The molecule has 0 saturated heterocycles. The van der Waals surface area contributed by atoms with E-state index in [4.69, 9.17) is 5.11 Å². The largest absolute Gasteiger partial charge is 0.395 e. The van der Waals surface area contributed by atoms with E-state index in [9.17, 15) is 9.59 Å². The molecule has 2 rings (SSSR count). The summed E-state index contributed by atoms with van der Waals surface area (Å²) in [6.07, 6.45) is 6.28. The molecule has 0 aromatic heterocycles. The number of carbonyl (C=O) groups excluding carboxylic acids is 2. The van der Waals surface area contributed by atoms with Gasteiger partial charge in [0.2, 0.25) is 5.91 Å². The maximum Gasteiger partial charge on any atom is 0.317 e. The minimum Gasteiger partial charge on any atom is -0.395 e. The first-order chi connectivity index (χ1) is 12.6. The predicted octanol–water partition coefficient (Wildman–Crippen LogP) is 3.12. The standard InChI is InChI=1S/C20H31N3O3/c1-2-11-23(12-13-24)20(26)21-15-16-7-6-10-18(14-16)22-19(25)17-8-4-3-5-9-17/h6-7,10,14,17,24H,2-5,8-9,11-13,15H2,1H3,(H,21,26)(H,22,25). The third kappa shape index (κ3) is 6.33. The van der Waals surface area contributed by atoms with Crippen LogP contribution in [0.4, 0.5) is 10.5 Å². The minimum atomic E-state index is -0.183. The number of urea groups is 1. The van der Waals surface area contributed by atoms with Crippen LogP contribution >= 0.6 is 0 Å². The maximum atomic E-state index is 12.4. The van der Waals surface area contributed by atoms with Crippen molar-refractivity contribution < 1.29 is 14.7 Å². The summed E-state index contributed by atoms with van der Waals surface area (Å²) >= 11 is 0. The molecule has 1 saturated carbocycles. The van der Waals surface area contributed by atoms with Gasteiger partial charge in [-0.25, -0.2) is 4.79 Å². The molecular weight excluding hydrogens is 330 g/mol. The summed E-state index contributed by atoms with van der Waals surface area (Å²) in [6.45, 7) is 3.28. The first-order valence-electron chi connectivity index (χ1n) is 9.67. The first-order valence-corrected chi connectivity index (χ1v) is 9.67. The van der Waals surface area contributed by atoms with Crippen LogP contribution in [-0.4, -0.2) is 41.6 Å². The Morgan fingerprint density at radius 3 is 2.65 bits per heavy atom. The zero-order chi connectivity index (χ0) is 18.8. The maximum absolute atomic E-state index is 12.4. The number of carbonyl (C=O) groups is 2. The quantitative estimate of drug-likeness (QED) is 0.665. The number of hydrogen-bond donors (Lipinski definition) is 3. The van der Waals surface area contributed by atoms with E-state index in [2.05, 4.69) is 10.6 Å². The number of nitrogens with zero attached hydrogens (tertiary/aromatic N) is 1. The number of hydrogen-bond acceptors (Lipinski definition) is 3. The Kier molecular flexibility index (Phi) is 8.41. The molecule has 6 nitrogen and oxygen atoms in total. The van der Waals surface area contributed by atoms with E-state index in [1.165, 1.54) is 6.42 Å². The first kappa shape index (κ1) is 20.2. The monoisotopic (exact) mass is 361 g/mol. The van der Waals surface area contributed by atoms with Crippen LogP contribution in [0.15, 0.2) is 24.3 Å². The van der Waals surface area contributed by atoms with Gasteiger partial charge in [0.05, 0.1) is 6.61 Å². The van der Waals surface area contributed by atoms with Crippen molar-refractivity contribution in [1.82, 2.24) is 10.2 Å². The van der Waals surface area contributed by atoms with Crippen molar-refractivity contribution >= 4 is 17.6 Å². The zero-order valence-electron chi connectivity index (χ0n) is 15.7. The summed E-state index contributed by atoms with van der Waals surface area (Å²) in [5.41, 5.74) is 1.70.